The predicted octanol–water partition coefficient (Wildman–Crippen LogP) is 2.12. The van der Waals surface area contributed by atoms with Crippen LogP contribution in [0, 0.1) is 5.82 Å². The fourth-order valence-corrected chi connectivity index (χ4v) is 3.00. The first kappa shape index (κ1) is 16.4. The van der Waals surface area contributed by atoms with Crippen molar-refractivity contribution in [2.75, 3.05) is 13.1 Å². The number of rotatable bonds is 4. The van der Waals surface area contributed by atoms with Gasteiger partial charge in [-0.25, -0.2) is 9.07 Å². The number of halogens is 1. The summed E-state index contributed by atoms with van der Waals surface area (Å²) in [6, 6.07) is 5.73. The Labute approximate surface area is 148 Å². The van der Waals surface area contributed by atoms with Gasteiger partial charge in [0.25, 0.3) is 11.8 Å². The van der Waals surface area contributed by atoms with Gasteiger partial charge in [0.1, 0.15) is 5.82 Å². The van der Waals surface area contributed by atoms with Crippen LogP contribution in [0.3, 0.4) is 0 Å². The third-order valence-electron chi connectivity index (χ3n) is 4.41. The molecule has 1 amide bonds. The number of amides is 1. The number of carbonyl (C=O) groups excluding carboxylic acids is 1. The average Bonchev–Trinajstić information content (AvgIpc) is 3.39. The Morgan fingerprint density at radius 2 is 2.31 bits per heavy atom. The number of nitrogens with zero attached hydrogens (tertiary/aromatic N) is 6. The van der Waals surface area contributed by atoms with Crippen molar-refractivity contribution in [3.8, 4) is 11.6 Å². The lowest BCUT2D eigenvalue weighted by atomic mass is 10.2. The van der Waals surface area contributed by atoms with Crippen LogP contribution in [-0.2, 0) is 6.42 Å². The molecule has 0 N–H and O–H groups in total. The molecule has 0 saturated carbocycles. The molecule has 1 saturated heterocycles. The molecule has 4 rings (SSSR count). The van der Waals surface area contributed by atoms with Gasteiger partial charge in [-0.2, -0.15) is 4.98 Å². The number of aromatic nitrogens is 5. The van der Waals surface area contributed by atoms with Gasteiger partial charge in [-0.05, 0) is 24.6 Å². The minimum Gasteiger partial charge on any atom is -0.336 e. The van der Waals surface area contributed by atoms with Gasteiger partial charge in [0.15, 0.2) is 11.5 Å². The zero-order valence-corrected chi connectivity index (χ0v) is 14.2. The van der Waals surface area contributed by atoms with Crippen molar-refractivity contribution in [2.45, 2.75) is 25.8 Å². The summed E-state index contributed by atoms with van der Waals surface area (Å²) in [5.74, 6) is 0.344. The summed E-state index contributed by atoms with van der Waals surface area (Å²) < 4.78 is 20.2. The molecule has 3 heterocycles. The Morgan fingerprint density at radius 1 is 1.42 bits per heavy atom. The van der Waals surface area contributed by atoms with Crippen molar-refractivity contribution in [1.82, 2.24) is 30.0 Å². The molecule has 1 aliphatic heterocycles. The van der Waals surface area contributed by atoms with Crippen LogP contribution in [0.4, 0.5) is 4.39 Å². The maximum absolute atomic E-state index is 13.3. The van der Waals surface area contributed by atoms with E-state index in [9.17, 15) is 9.18 Å². The molecule has 134 valence electrons. The topological polar surface area (TPSA) is 89.9 Å². The van der Waals surface area contributed by atoms with Crippen LogP contribution < -0.4 is 0 Å². The van der Waals surface area contributed by atoms with Crippen molar-refractivity contribution < 1.29 is 13.7 Å². The molecule has 0 aliphatic carbocycles. The molecular weight excluding hydrogens is 339 g/mol. The second-order valence-corrected chi connectivity index (χ2v) is 6.16. The highest BCUT2D eigenvalue weighted by atomic mass is 19.1. The third-order valence-corrected chi connectivity index (χ3v) is 4.41. The van der Waals surface area contributed by atoms with Gasteiger partial charge in [-0.3, -0.25) is 4.79 Å². The van der Waals surface area contributed by atoms with Crippen LogP contribution in [0.5, 0.6) is 0 Å². The Bertz CT molecular complexity index is 937. The second kappa shape index (κ2) is 6.66. The van der Waals surface area contributed by atoms with Crippen LogP contribution in [0.25, 0.3) is 11.6 Å². The molecule has 1 aliphatic rings. The van der Waals surface area contributed by atoms with Crippen molar-refractivity contribution in [3.05, 3.63) is 47.7 Å². The molecule has 1 aromatic carbocycles. The summed E-state index contributed by atoms with van der Waals surface area (Å²) in [7, 11) is 0. The van der Waals surface area contributed by atoms with E-state index in [1.807, 2.05) is 6.92 Å². The lowest BCUT2D eigenvalue weighted by Crippen LogP contribution is -2.29. The first-order chi connectivity index (χ1) is 12.6. The van der Waals surface area contributed by atoms with E-state index in [0.29, 0.717) is 42.5 Å². The molecule has 9 heteroatoms. The minimum atomic E-state index is -0.418. The van der Waals surface area contributed by atoms with Crippen LogP contribution in [0.2, 0.25) is 0 Å². The van der Waals surface area contributed by atoms with E-state index in [2.05, 4.69) is 20.5 Å². The normalized spacial score (nSPS) is 17.0. The van der Waals surface area contributed by atoms with Crippen LogP contribution in [0.15, 0.2) is 35.0 Å². The molecule has 1 fully saturated rings. The average molecular weight is 356 g/mol. The minimum absolute atomic E-state index is 0.00215. The molecular formula is C17H17FN6O2. The van der Waals surface area contributed by atoms with E-state index in [4.69, 9.17) is 4.52 Å². The maximum atomic E-state index is 13.3. The largest absolute Gasteiger partial charge is 0.336 e. The number of carbonyl (C=O) groups is 1. The monoisotopic (exact) mass is 356 g/mol. The molecule has 3 aromatic rings. The van der Waals surface area contributed by atoms with Gasteiger partial charge in [0, 0.05) is 25.1 Å². The summed E-state index contributed by atoms with van der Waals surface area (Å²) in [6.07, 6.45) is 3.17. The Balaban J connectivity index is 1.46. The molecule has 1 atom stereocenters. The van der Waals surface area contributed by atoms with Crippen molar-refractivity contribution in [2.24, 2.45) is 0 Å². The lowest BCUT2D eigenvalue weighted by Gasteiger charge is -2.16. The van der Waals surface area contributed by atoms with E-state index in [1.54, 1.807) is 21.8 Å². The van der Waals surface area contributed by atoms with Crippen LogP contribution in [0.1, 0.15) is 35.6 Å². The first-order valence-corrected chi connectivity index (χ1v) is 8.43. The van der Waals surface area contributed by atoms with Crippen molar-refractivity contribution >= 4 is 5.91 Å². The van der Waals surface area contributed by atoms with Crippen LogP contribution >= 0.6 is 0 Å². The fraction of sp³-hybridized carbons (Fsp3) is 0.353. The van der Waals surface area contributed by atoms with E-state index in [-0.39, 0.29) is 11.9 Å². The van der Waals surface area contributed by atoms with Crippen LogP contribution in [-0.4, -0.2) is 49.0 Å². The standard InChI is InChI=1S/C17H17FN6O2/c1-2-15-19-16(26-21-15)14-10-24(22-20-14)13-6-7-23(9-13)17(25)11-4-3-5-12(18)8-11/h3-5,8,10,13H,2,6-7,9H2,1H3/t13-/m1/s1. The third kappa shape index (κ3) is 3.07. The number of likely N-dealkylation sites (tertiary alicyclic amines) is 1. The quantitative estimate of drug-likeness (QED) is 0.711. The lowest BCUT2D eigenvalue weighted by molar-refractivity contribution is 0.0786. The molecule has 0 bridgehead atoms. The maximum Gasteiger partial charge on any atom is 0.280 e. The highest BCUT2D eigenvalue weighted by Gasteiger charge is 2.29. The summed E-state index contributed by atoms with van der Waals surface area (Å²) in [6.45, 7) is 3.01. The SMILES string of the molecule is CCc1noc(-c2cn([C@@H]3CCN(C(=O)c4cccc(F)c4)C3)nn2)n1. The van der Waals surface area contributed by atoms with E-state index < -0.39 is 5.82 Å². The Kier molecular flexibility index (Phi) is 4.19. The van der Waals surface area contributed by atoms with Gasteiger partial charge < -0.3 is 9.42 Å². The van der Waals surface area contributed by atoms with E-state index in [1.165, 1.54) is 18.2 Å². The Morgan fingerprint density at radius 3 is 3.08 bits per heavy atom. The molecule has 0 unspecified atom stereocenters. The smallest absolute Gasteiger partial charge is 0.280 e. The molecule has 0 spiro atoms. The van der Waals surface area contributed by atoms with E-state index >= 15 is 0 Å². The fourth-order valence-electron chi connectivity index (χ4n) is 3.00. The molecule has 0 radical (unpaired) electrons. The summed E-state index contributed by atoms with van der Waals surface area (Å²) in [5, 5.41) is 12.1. The van der Waals surface area contributed by atoms with Gasteiger partial charge in [0.05, 0.1) is 12.2 Å². The zero-order valence-electron chi connectivity index (χ0n) is 14.2. The highest BCUT2D eigenvalue weighted by Crippen LogP contribution is 2.24. The van der Waals surface area contributed by atoms with Gasteiger partial charge >= 0.3 is 0 Å². The molecule has 2 aromatic heterocycles. The highest BCUT2D eigenvalue weighted by molar-refractivity contribution is 5.94. The number of hydrogen-bond acceptors (Lipinski definition) is 6. The second-order valence-electron chi connectivity index (χ2n) is 6.16. The number of aryl methyl sites for hydroxylation is 1. The van der Waals surface area contributed by atoms with Gasteiger partial charge in [0.2, 0.25) is 0 Å². The van der Waals surface area contributed by atoms with Crippen molar-refractivity contribution in [3.63, 3.8) is 0 Å². The summed E-state index contributed by atoms with van der Waals surface area (Å²) in [5.41, 5.74) is 0.856. The first-order valence-electron chi connectivity index (χ1n) is 8.43. The van der Waals surface area contributed by atoms with Gasteiger partial charge in [-0.15, -0.1) is 5.10 Å². The molecule has 26 heavy (non-hydrogen) atoms. The predicted molar refractivity (Wildman–Crippen MR) is 88.6 cm³/mol. The van der Waals surface area contributed by atoms with E-state index in [0.717, 1.165) is 6.42 Å². The summed E-state index contributed by atoms with van der Waals surface area (Å²) >= 11 is 0. The zero-order chi connectivity index (χ0) is 18.1. The summed E-state index contributed by atoms with van der Waals surface area (Å²) in [4.78, 5) is 18.5. The van der Waals surface area contributed by atoms with Gasteiger partial charge in [-0.1, -0.05) is 23.4 Å². The number of hydrogen-bond donors (Lipinski definition) is 0. The number of benzene rings is 1. The molecule has 8 nitrogen and oxygen atoms in total. The van der Waals surface area contributed by atoms with Crippen molar-refractivity contribution in [1.29, 1.82) is 0 Å². The Hall–Kier alpha value is -3.10.